The number of sulfonamides is 1. The fraction of sp³-hybridized carbons (Fsp3) is 0.333. The Balaban J connectivity index is 1.99. The van der Waals surface area contributed by atoms with Crippen LogP contribution in [0, 0.1) is 13.8 Å². The third-order valence-corrected chi connectivity index (χ3v) is 5.38. The van der Waals surface area contributed by atoms with Gasteiger partial charge in [0.15, 0.2) is 5.76 Å². The second kappa shape index (κ2) is 7.33. The summed E-state index contributed by atoms with van der Waals surface area (Å²) in [4.78, 5) is 12.1. The Labute approximate surface area is 145 Å². The van der Waals surface area contributed by atoms with Crippen LogP contribution in [0.4, 0.5) is 0 Å². The SMILES string of the molecule is Cc1noc(C)c1S(=O)(=O)N[C@@H](C)C(=O)NCc1ccc(Cl)cc1. The average molecular weight is 372 g/mol. The van der Waals surface area contributed by atoms with E-state index in [1.807, 2.05) is 0 Å². The minimum atomic E-state index is -3.90. The molecule has 130 valence electrons. The lowest BCUT2D eigenvalue weighted by molar-refractivity contribution is -0.122. The lowest BCUT2D eigenvalue weighted by Gasteiger charge is -2.14. The number of nitrogens with zero attached hydrogens (tertiary/aromatic N) is 1. The van der Waals surface area contributed by atoms with Gasteiger partial charge in [-0.25, -0.2) is 8.42 Å². The number of carbonyl (C=O) groups is 1. The van der Waals surface area contributed by atoms with Gasteiger partial charge in [0, 0.05) is 11.6 Å². The van der Waals surface area contributed by atoms with E-state index < -0.39 is 22.0 Å². The molecule has 0 aliphatic rings. The first-order chi connectivity index (χ1) is 11.2. The van der Waals surface area contributed by atoms with Crippen molar-refractivity contribution in [3.05, 3.63) is 46.3 Å². The number of aromatic nitrogens is 1. The molecule has 24 heavy (non-hydrogen) atoms. The lowest BCUT2D eigenvalue weighted by Crippen LogP contribution is -2.44. The summed E-state index contributed by atoms with van der Waals surface area (Å²) in [5.41, 5.74) is 1.10. The Bertz CT molecular complexity index is 811. The molecule has 0 bridgehead atoms. The van der Waals surface area contributed by atoms with Crippen molar-refractivity contribution < 1.29 is 17.7 Å². The van der Waals surface area contributed by atoms with E-state index in [2.05, 4.69) is 15.2 Å². The van der Waals surface area contributed by atoms with Gasteiger partial charge in [0.05, 0.1) is 6.04 Å². The maximum absolute atomic E-state index is 12.4. The van der Waals surface area contributed by atoms with Crippen LogP contribution in [0.15, 0.2) is 33.7 Å². The maximum Gasteiger partial charge on any atom is 0.246 e. The summed E-state index contributed by atoms with van der Waals surface area (Å²) in [7, 11) is -3.90. The summed E-state index contributed by atoms with van der Waals surface area (Å²) >= 11 is 5.79. The largest absolute Gasteiger partial charge is 0.360 e. The highest BCUT2D eigenvalue weighted by Crippen LogP contribution is 2.18. The quantitative estimate of drug-likeness (QED) is 0.807. The number of aryl methyl sites for hydroxylation is 2. The van der Waals surface area contributed by atoms with Crippen LogP contribution < -0.4 is 10.0 Å². The topological polar surface area (TPSA) is 101 Å². The lowest BCUT2D eigenvalue weighted by atomic mass is 10.2. The Morgan fingerprint density at radius 2 is 1.92 bits per heavy atom. The molecule has 2 aromatic rings. The summed E-state index contributed by atoms with van der Waals surface area (Å²) < 4.78 is 31.9. The molecule has 7 nitrogen and oxygen atoms in total. The maximum atomic E-state index is 12.4. The van der Waals surface area contributed by atoms with Gasteiger partial charge in [0.2, 0.25) is 15.9 Å². The van der Waals surface area contributed by atoms with Crippen molar-refractivity contribution in [1.29, 1.82) is 0 Å². The number of hydrogen-bond acceptors (Lipinski definition) is 5. The number of hydrogen-bond donors (Lipinski definition) is 2. The van der Waals surface area contributed by atoms with E-state index in [4.69, 9.17) is 16.1 Å². The molecule has 0 fully saturated rings. The molecule has 1 heterocycles. The van der Waals surface area contributed by atoms with E-state index in [1.54, 1.807) is 24.3 Å². The van der Waals surface area contributed by atoms with Crippen LogP contribution in [0.25, 0.3) is 0 Å². The third-order valence-electron chi connectivity index (χ3n) is 3.34. The molecule has 0 aliphatic heterocycles. The Kier molecular flexibility index (Phi) is 5.63. The molecular weight excluding hydrogens is 354 g/mol. The minimum Gasteiger partial charge on any atom is -0.360 e. The van der Waals surface area contributed by atoms with Crippen LogP contribution in [0.5, 0.6) is 0 Å². The van der Waals surface area contributed by atoms with Gasteiger partial charge < -0.3 is 9.84 Å². The molecule has 2 rings (SSSR count). The van der Waals surface area contributed by atoms with Crippen LogP contribution in [-0.4, -0.2) is 25.5 Å². The molecule has 1 atom stereocenters. The Hall–Kier alpha value is -1.90. The van der Waals surface area contributed by atoms with Gasteiger partial charge in [0.25, 0.3) is 0 Å². The van der Waals surface area contributed by atoms with Gasteiger partial charge in [-0.2, -0.15) is 4.72 Å². The van der Waals surface area contributed by atoms with Crippen LogP contribution in [-0.2, 0) is 21.4 Å². The van der Waals surface area contributed by atoms with E-state index in [1.165, 1.54) is 20.8 Å². The number of halogens is 1. The predicted molar refractivity (Wildman–Crippen MR) is 89.1 cm³/mol. The summed E-state index contributed by atoms with van der Waals surface area (Å²) in [6.45, 7) is 4.76. The molecule has 0 unspecified atom stereocenters. The summed E-state index contributed by atoms with van der Waals surface area (Å²) in [5.74, 6) is -0.269. The predicted octanol–water partition coefficient (Wildman–Crippen LogP) is 1.93. The monoisotopic (exact) mass is 371 g/mol. The smallest absolute Gasteiger partial charge is 0.246 e. The first-order valence-electron chi connectivity index (χ1n) is 7.18. The fourth-order valence-corrected chi connectivity index (χ4v) is 3.81. The summed E-state index contributed by atoms with van der Waals surface area (Å²) in [6, 6.07) is 6.04. The summed E-state index contributed by atoms with van der Waals surface area (Å²) in [6.07, 6.45) is 0. The number of benzene rings is 1. The molecule has 1 aromatic carbocycles. The molecule has 0 saturated heterocycles. The van der Waals surface area contributed by atoms with Crippen LogP contribution in [0.2, 0.25) is 5.02 Å². The van der Waals surface area contributed by atoms with E-state index in [0.29, 0.717) is 5.02 Å². The average Bonchev–Trinajstić information content (AvgIpc) is 2.85. The number of rotatable bonds is 6. The van der Waals surface area contributed by atoms with Crippen molar-refractivity contribution in [2.24, 2.45) is 0 Å². The van der Waals surface area contributed by atoms with Gasteiger partial charge in [-0.1, -0.05) is 28.9 Å². The number of amides is 1. The normalized spacial score (nSPS) is 12.8. The van der Waals surface area contributed by atoms with Gasteiger partial charge in [-0.3, -0.25) is 4.79 Å². The first-order valence-corrected chi connectivity index (χ1v) is 9.04. The van der Waals surface area contributed by atoms with E-state index in [9.17, 15) is 13.2 Å². The zero-order valence-corrected chi connectivity index (χ0v) is 15.0. The van der Waals surface area contributed by atoms with Crippen molar-refractivity contribution in [1.82, 2.24) is 15.2 Å². The number of carbonyl (C=O) groups excluding carboxylic acids is 1. The zero-order chi connectivity index (χ0) is 17.9. The van der Waals surface area contributed by atoms with Gasteiger partial charge >= 0.3 is 0 Å². The van der Waals surface area contributed by atoms with Crippen molar-refractivity contribution in [3.8, 4) is 0 Å². The standard InChI is InChI=1S/C15H18ClN3O4S/c1-9-14(11(3)23-18-9)24(21,22)19-10(2)15(20)17-8-12-4-6-13(16)7-5-12/h4-7,10,19H,8H2,1-3H3,(H,17,20)/t10-/m0/s1. The van der Waals surface area contributed by atoms with Gasteiger partial charge in [0.1, 0.15) is 10.6 Å². The van der Waals surface area contributed by atoms with Crippen molar-refractivity contribution in [2.75, 3.05) is 0 Å². The highest BCUT2D eigenvalue weighted by atomic mass is 35.5. The molecular formula is C15H18ClN3O4S. The molecule has 1 amide bonds. The van der Waals surface area contributed by atoms with E-state index in [0.717, 1.165) is 5.56 Å². The molecule has 2 N–H and O–H groups in total. The second-order valence-corrected chi connectivity index (χ2v) is 7.43. The third kappa shape index (κ3) is 4.34. The fourth-order valence-electron chi connectivity index (χ4n) is 2.15. The molecule has 0 aliphatic carbocycles. The zero-order valence-electron chi connectivity index (χ0n) is 13.5. The minimum absolute atomic E-state index is 0.0418. The van der Waals surface area contributed by atoms with Crippen molar-refractivity contribution in [3.63, 3.8) is 0 Å². The van der Waals surface area contributed by atoms with Crippen LogP contribution >= 0.6 is 11.6 Å². The Morgan fingerprint density at radius 1 is 1.29 bits per heavy atom. The van der Waals surface area contributed by atoms with Crippen LogP contribution in [0.1, 0.15) is 23.9 Å². The van der Waals surface area contributed by atoms with Crippen LogP contribution in [0.3, 0.4) is 0 Å². The van der Waals surface area contributed by atoms with Crippen molar-refractivity contribution in [2.45, 2.75) is 38.3 Å². The molecule has 0 radical (unpaired) electrons. The van der Waals surface area contributed by atoms with Gasteiger partial charge in [-0.15, -0.1) is 0 Å². The second-order valence-electron chi connectivity index (χ2n) is 5.34. The van der Waals surface area contributed by atoms with Crippen molar-refractivity contribution >= 4 is 27.5 Å². The van der Waals surface area contributed by atoms with E-state index in [-0.39, 0.29) is 22.9 Å². The first kappa shape index (κ1) is 18.4. The van der Waals surface area contributed by atoms with E-state index >= 15 is 0 Å². The highest BCUT2D eigenvalue weighted by Gasteiger charge is 2.27. The molecule has 1 aromatic heterocycles. The molecule has 0 saturated carbocycles. The molecule has 0 spiro atoms. The molecule has 9 heteroatoms. The summed E-state index contributed by atoms with van der Waals surface area (Å²) in [5, 5.41) is 6.88. The number of nitrogens with one attached hydrogen (secondary N) is 2. The highest BCUT2D eigenvalue weighted by molar-refractivity contribution is 7.89. The Morgan fingerprint density at radius 3 is 2.46 bits per heavy atom. The van der Waals surface area contributed by atoms with Gasteiger partial charge in [-0.05, 0) is 38.5 Å².